The number of aromatic nitrogens is 6. The summed E-state index contributed by atoms with van der Waals surface area (Å²) in [4.78, 5) is 32.6. The number of carbonyl (C=O) groups is 2. The molecule has 10 heteroatoms. The molecule has 0 radical (unpaired) electrons. The molecule has 0 saturated heterocycles. The molecule has 0 aliphatic rings. The van der Waals surface area contributed by atoms with Gasteiger partial charge in [0.25, 0.3) is 0 Å². The highest BCUT2D eigenvalue weighted by Gasteiger charge is 2.25. The number of ketones is 1. The Kier molecular flexibility index (Phi) is 9.38. The third kappa shape index (κ3) is 6.72. The van der Waals surface area contributed by atoms with Crippen LogP contribution in [0.3, 0.4) is 0 Å². The Morgan fingerprint density at radius 1 is 1.16 bits per heavy atom. The van der Waals surface area contributed by atoms with Gasteiger partial charge in [0.1, 0.15) is 5.82 Å². The minimum Gasteiger partial charge on any atom is -0.355 e. The standard InChI is InChI=1S/C28H37N7O2S/c1-5-21(6-2)35-24-10-9-19(15-23(24)30-27(35)17-22-8-7-13-38-22)25(36)16-20(14-18(3)4)28(37)29-12-11-26-31-33-34-32-26/h7-10,13,15,18,20-21H,5-6,11-12,14,16-17H2,1-4H3,(H,29,37)(H,31,32,33,34)/t20-/m1/s1. The lowest BCUT2D eigenvalue weighted by Gasteiger charge is -2.19. The van der Waals surface area contributed by atoms with Crippen molar-refractivity contribution < 1.29 is 9.59 Å². The fraction of sp³-hybridized carbons (Fsp3) is 0.500. The van der Waals surface area contributed by atoms with E-state index in [1.54, 1.807) is 11.3 Å². The fourth-order valence-electron chi connectivity index (χ4n) is 5.00. The van der Waals surface area contributed by atoms with Crippen LogP contribution in [-0.2, 0) is 17.6 Å². The Hall–Kier alpha value is -3.40. The van der Waals surface area contributed by atoms with Crippen LogP contribution < -0.4 is 5.32 Å². The molecule has 0 aliphatic heterocycles. The number of carbonyl (C=O) groups excluding carboxylic acids is 2. The maximum atomic E-state index is 13.4. The molecule has 9 nitrogen and oxygen atoms in total. The van der Waals surface area contributed by atoms with Crippen LogP contribution >= 0.6 is 11.3 Å². The highest BCUT2D eigenvalue weighted by molar-refractivity contribution is 7.09. The lowest BCUT2D eigenvalue weighted by molar-refractivity contribution is -0.125. The van der Waals surface area contributed by atoms with E-state index in [-0.39, 0.29) is 24.0 Å². The van der Waals surface area contributed by atoms with Crippen molar-refractivity contribution in [3.8, 4) is 0 Å². The van der Waals surface area contributed by atoms with Crippen molar-refractivity contribution in [1.82, 2.24) is 35.5 Å². The minimum atomic E-state index is -0.403. The zero-order valence-electron chi connectivity index (χ0n) is 22.6. The van der Waals surface area contributed by atoms with Gasteiger partial charge < -0.3 is 9.88 Å². The number of hydrogen-bond donors (Lipinski definition) is 2. The Labute approximate surface area is 227 Å². The van der Waals surface area contributed by atoms with Crippen molar-refractivity contribution in [1.29, 1.82) is 0 Å². The van der Waals surface area contributed by atoms with Crippen LogP contribution in [0.5, 0.6) is 0 Å². The SMILES string of the molecule is CCC(CC)n1c(Cc2cccs2)nc2cc(C(=O)C[C@@H](CC(C)C)C(=O)NCCc3nn[nH]n3)ccc21. The first-order valence-electron chi connectivity index (χ1n) is 13.5. The summed E-state index contributed by atoms with van der Waals surface area (Å²) in [6.45, 7) is 8.93. The van der Waals surface area contributed by atoms with Crippen molar-refractivity contribution >= 4 is 34.1 Å². The number of fused-ring (bicyclic) bond motifs is 1. The molecule has 0 aliphatic carbocycles. The zero-order valence-corrected chi connectivity index (χ0v) is 23.4. The van der Waals surface area contributed by atoms with Gasteiger partial charge in [-0.25, -0.2) is 4.98 Å². The van der Waals surface area contributed by atoms with E-state index in [9.17, 15) is 9.59 Å². The molecule has 0 unspecified atom stereocenters. The molecule has 1 amide bonds. The van der Waals surface area contributed by atoms with E-state index < -0.39 is 5.92 Å². The summed E-state index contributed by atoms with van der Waals surface area (Å²) in [5.41, 5.74) is 2.49. The Balaban J connectivity index is 1.53. The molecular weight excluding hydrogens is 498 g/mol. The summed E-state index contributed by atoms with van der Waals surface area (Å²) >= 11 is 1.73. The number of benzene rings is 1. The van der Waals surface area contributed by atoms with Gasteiger partial charge in [0, 0.05) is 48.2 Å². The van der Waals surface area contributed by atoms with Crippen LogP contribution in [0.4, 0.5) is 0 Å². The highest BCUT2D eigenvalue weighted by Crippen LogP contribution is 2.29. The van der Waals surface area contributed by atoms with Gasteiger partial charge in [-0.15, -0.1) is 21.5 Å². The van der Waals surface area contributed by atoms with E-state index in [0.29, 0.717) is 36.8 Å². The summed E-state index contributed by atoms with van der Waals surface area (Å²) < 4.78 is 2.35. The molecule has 0 bridgehead atoms. The molecule has 38 heavy (non-hydrogen) atoms. The maximum Gasteiger partial charge on any atom is 0.223 e. The van der Waals surface area contributed by atoms with E-state index in [0.717, 1.165) is 36.1 Å². The first kappa shape index (κ1) is 27.6. The lowest BCUT2D eigenvalue weighted by atomic mass is 9.89. The number of imidazole rings is 1. The third-order valence-electron chi connectivity index (χ3n) is 6.90. The second kappa shape index (κ2) is 12.9. The van der Waals surface area contributed by atoms with Crippen molar-refractivity contribution in [3.05, 3.63) is 57.8 Å². The van der Waals surface area contributed by atoms with Crippen molar-refractivity contribution in [2.24, 2.45) is 11.8 Å². The third-order valence-corrected chi connectivity index (χ3v) is 7.78. The second-order valence-electron chi connectivity index (χ2n) is 10.2. The van der Waals surface area contributed by atoms with Crippen LogP contribution in [0.25, 0.3) is 11.0 Å². The lowest BCUT2D eigenvalue weighted by Crippen LogP contribution is -2.34. The molecule has 1 aromatic carbocycles. The molecular formula is C28H37N7O2S. The van der Waals surface area contributed by atoms with Crippen molar-refractivity contribution in [2.75, 3.05) is 6.54 Å². The van der Waals surface area contributed by atoms with Gasteiger partial charge in [-0.2, -0.15) is 5.21 Å². The van der Waals surface area contributed by atoms with Gasteiger partial charge in [0.05, 0.1) is 11.0 Å². The number of thiophene rings is 1. The molecule has 4 rings (SSSR count). The molecule has 0 fully saturated rings. The summed E-state index contributed by atoms with van der Waals surface area (Å²) in [5, 5.41) is 18.8. The number of hydrogen-bond acceptors (Lipinski definition) is 7. The fourth-order valence-corrected chi connectivity index (χ4v) is 5.70. The predicted molar refractivity (Wildman–Crippen MR) is 149 cm³/mol. The number of rotatable bonds is 14. The number of H-pyrrole nitrogens is 1. The average Bonchev–Trinajstić information content (AvgIpc) is 3.66. The summed E-state index contributed by atoms with van der Waals surface area (Å²) in [5.74, 6) is 1.30. The molecule has 202 valence electrons. The molecule has 1 atom stereocenters. The average molecular weight is 536 g/mol. The van der Waals surface area contributed by atoms with Gasteiger partial charge in [0.15, 0.2) is 11.6 Å². The Bertz CT molecular complexity index is 1320. The molecule has 3 heterocycles. The van der Waals surface area contributed by atoms with Crippen molar-refractivity contribution in [2.45, 2.75) is 72.3 Å². The monoisotopic (exact) mass is 535 g/mol. The number of Topliss-reactive ketones (excluding diaryl/α,β-unsaturated/α-hetero) is 1. The van der Waals surface area contributed by atoms with Gasteiger partial charge in [0.2, 0.25) is 5.91 Å². The van der Waals surface area contributed by atoms with E-state index in [4.69, 9.17) is 4.98 Å². The first-order valence-corrected chi connectivity index (χ1v) is 14.3. The van der Waals surface area contributed by atoms with Crippen LogP contribution in [0.2, 0.25) is 0 Å². The second-order valence-corrected chi connectivity index (χ2v) is 11.2. The van der Waals surface area contributed by atoms with Crippen molar-refractivity contribution in [3.63, 3.8) is 0 Å². The predicted octanol–water partition coefficient (Wildman–Crippen LogP) is 5.16. The van der Waals surface area contributed by atoms with Crippen LogP contribution in [-0.4, -0.2) is 48.4 Å². The number of nitrogens with one attached hydrogen (secondary N) is 2. The quantitative estimate of drug-likeness (QED) is 0.215. The smallest absolute Gasteiger partial charge is 0.223 e. The highest BCUT2D eigenvalue weighted by atomic mass is 32.1. The largest absolute Gasteiger partial charge is 0.355 e. The molecule has 0 spiro atoms. The first-order chi connectivity index (χ1) is 18.4. The van der Waals surface area contributed by atoms with E-state index >= 15 is 0 Å². The summed E-state index contributed by atoms with van der Waals surface area (Å²) in [6, 6.07) is 10.4. The van der Waals surface area contributed by atoms with Crippen LogP contribution in [0.1, 0.15) is 86.3 Å². The maximum absolute atomic E-state index is 13.4. The Morgan fingerprint density at radius 3 is 2.63 bits per heavy atom. The zero-order chi connectivity index (χ0) is 27.1. The number of tetrazole rings is 1. The number of aromatic amines is 1. The van der Waals surface area contributed by atoms with Gasteiger partial charge in [-0.3, -0.25) is 9.59 Å². The topological polar surface area (TPSA) is 118 Å². The van der Waals surface area contributed by atoms with Crippen LogP contribution in [0, 0.1) is 11.8 Å². The minimum absolute atomic E-state index is 0.0391. The van der Waals surface area contributed by atoms with E-state index in [2.05, 4.69) is 75.7 Å². The molecule has 2 N–H and O–H groups in total. The number of amides is 1. The summed E-state index contributed by atoms with van der Waals surface area (Å²) in [7, 11) is 0. The molecule has 3 aromatic heterocycles. The van der Waals surface area contributed by atoms with Gasteiger partial charge in [-0.05, 0) is 54.8 Å². The molecule has 0 saturated carbocycles. The van der Waals surface area contributed by atoms with E-state index in [1.165, 1.54) is 4.88 Å². The van der Waals surface area contributed by atoms with Gasteiger partial charge >= 0.3 is 0 Å². The molecule has 4 aromatic rings. The summed E-state index contributed by atoms with van der Waals surface area (Å²) in [6.07, 6.45) is 4.07. The van der Waals surface area contributed by atoms with Crippen LogP contribution in [0.15, 0.2) is 35.7 Å². The number of nitrogens with zero attached hydrogens (tertiary/aromatic N) is 5. The Morgan fingerprint density at radius 2 is 1.97 bits per heavy atom. The van der Waals surface area contributed by atoms with E-state index in [1.807, 2.05) is 18.2 Å². The normalized spacial score (nSPS) is 12.5. The van der Waals surface area contributed by atoms with Gasteiger partial charge in [-0.1, -0.05) is 39.0 Å².